The molecule has 1 unspecified atom stereocenters. The molecule has 1 aromatic heterocycles. The lowest BCUT2D eigenvalue weighted by Crippen LogP contribution is -2.17. The molecule has 1 aliphatic carbocycles. The molecule has 0 aromatic carbocycles. The summed E-state index contributed by atoms with van der Waals surface area (Å²) >= 11 is 1.46. The van der Waals surface area contributed by atoms with E-state index in [9.17, 15) is 5.11 Å². The summed E-state index contributed by atoms with van der Waals surface area (Å²) in [7, 11) is 0. The van der Waals surface area contributed by atoms with Crippen LogP contribution in [-0.4, -0.2) is 20.8 Å². The normalized spacial score (nSPS) is 24.3. The highest BCUT2D eigenvalue weighted by Gasteiger charge is 2.18. The van der Waals surface area contributed by atoms with Crippen molar-refractivity contribution in [2.24, 2.45) is 0 Å². The minimum absolute atomic E-state index is 0.184. The van der Waals surface area contributed by atoms with Gasteiger partial charge in [0.25, 0.3) is 0 Å². The molecule has 0 bridgehead atoms. The third kappa shape index (κ3) is 0.932. The monoisotopic (exact) mass is 156 g/mol. The molecule has 0 fully saturated rings. The molecule has 1 heterocycles. The van der Waals surface area contributed by atoms with E-state index in [1.165, 1.54) is 16.4 Å². The molecule has 0 saturated carbocycles. The molecule has 1 aromatic rings. The number of aliphatic hydroxyl groups excluding tert-OH is 1. The quantitative estimate of drug-likeness (QED) is 0.591. The molecule has 1 N–H and O–H groups in total. The van der Waals surface area contributed by atoms with Crippen molar-refractivity contribution in [3.63, 3.8) is 0 Å². The van der Waals surface area contributed by atoms with Crippen molar-refractivity contribution in [2.75, 3.05) is 0 Å². The molecule has 0 aliphatic heterocycles. The van der Waals surface area contributed by atoms with Gasteiger partial charge in [0.05, 0.1) is 11.8 Å². The first-order valence-corrected chi connectivity index (χ1v) is 4.12. The van der Waals surface area contributed by atoms with Gasteiger partial charge in [-0.3, -0.25) is 0 Å². The first-order chi connectivity index (χ1) is 4.86. The molecule has 0 saturated heterocycles. The van der Waals surface area contributed by atoms with Crippen molar-refractivity contribution in [1.29, 1.82) is 0 Å². The number of hydrogen-bond acceptors (Lipinski definition) is 4. The molecular formula is C6H8N2OS. The molecule has 54 valence electrons. The summed E-state index contributed by atoms with van der Waals surface area (Å²) in [5.74, 6) is 0. The minimum Gasteiger partial charge on any atom is -0.393 e. The molecule has 1 atom stereocenters. The Morgan fingerprint density at radius 2 is 2.50 bits per heavy atom. The van der Waals surface area contributed by atoms with Crippen LogP contribution in [0.3, 0.4) is 0 Å². The zero-order valence-corrected chi connectivity index (χ0v) is 6.27. The van der Waals surface area contributed by atoms with Gasteiger partial charge in [0.2, 0.25) is 0 Å². The van der Waals surface area contributed by atoms with Gasteiger partial charge in [0, 0.05) is 11.3 Å². The molecule has 3 nitrogen and oxygen atoms in total. The van der Waals surface area contributed by atoms with Crippen LogP contribution >= 0.6 is 11.5 Å². The average Bonchev–Trinajstić information content (AvgIpc) is 2.33. The Hall–Kier alpha value is -0.480. The molecule has 2 rings (SSSR count). The fraction of sp³-hybridized carbons (Fsp3) is 0.667. The molecule has 0 radical (unpaired) electrons. The van der Waals surface area contributed by atoms with Crippen LogP contribution in [0.5, 0.6) is 0 Å². The first kappa shape index (κ1) is 6.24. The van der Waals surface area contributed by atoms with Crippen molar-refractivity contribution in [3.8, 4) is 0 Å². The van der Waals surface area contributed by atoms with Gasteiger partial charge in [-0.15, -0.1) is 5.10 Å². The first-order valence-electron chi connectivity index (χ1n) is 3.34. The van der Waals surface area contributed by atoms with E-state index in [1.807, 2.05) is 0 Å². The van der Waals surface area contributed by atoms with Crippen LogP contribution in [0.1, 0.15) is 17.0 Å². The lowest BCUT2D eigenvalue weighted by Gasteiger charge is -2.13. The summed E-state index contributed by atoms with van der Waals surface area (Å²) in [6, 6.07) is 0. The molecular weight excluding hydrogens is 148 g/mol. The molecule has 0 spiro atoms. The number of aliphatic hydroxyl groups is 1. The molecule has 0 amide bonds. The maximum Gasteiger partial charge on any atom is 0.0813 e. The van der Waals surface area contributed by atoms with Gasteiger partial charge in [-0.2, -0.15) is 0 Å². The topological polar surface area (TPSA) is 46.0 Å². The third-order valence-corrected chi connectivity index (χ3v) is 2.59. The zero-order valence-electron chi connectivity index (χ0n) is 5.45. The highest BCUT2D eigenvalue weighted by Crippen LogP contribution is 2.21. The van der Waals surface area contributed by atoms with E-state index >= 15 is 0 Å². The summed E-state index contributed by atoms with van der Waals surface area (Å²) in [6.45, 7) is 0. The van der Waals surface area contributed by atoms with Crippen LogP contribution in [0.2, 0.25) is 0 Å². The van der Waals surface area contributed by atoms with E-state index in [0.29, 0.717) is 6.42 Å². The summed E-state index contributed by atoms with van der Waals surface area (Å²) in [6.07, 6.45) is 2.34. The maximum atomic E-state index is 9.21. The standard InChI is InChI=1S/C6H8N2OS/c9-4-1-2-6-5(3-4)7-8-10-6/h4,9H,1-3H2. The highest BCUT2D eigenvalue weighted by atomic mass is 32.1. The Morgan fingerprint density at radius 3 is 3.40 bits per heavy atom. The van der Waals surface area contributed by atoms with Gasteiger partial charge in [0.1, 0.15) is 0 Å². The van der Waals surface area contributed by atoms with E-state index in [-0.39, 0.29) is 6.10 Å². The fourth-order valence-corrected chi connectivity index (χ4v) is 1.87. The Morgan fingerprint density at radius 1 is 1.60 bits per heavy atom. The smallest absolute Gasteiger partial charge is 0.0813 e. The Labute approximate surface area is 62.9 Å². The van der Waals surface area contributed by atoms with Crippen molar-refractivity contribution >= 4 is 11.5 Å². The minimum atomic E-state index is -0.184. The second kappa shape index (κ2) is 2.29. The van der Waals surface area contributed by atoms with E-state index < -0.39 is 0 Å². The average molecular weight is 156 g/mol. The van der Waals surface area contributed by atoms with Crippen molar-refractivity contribution < 1.29 is 5.11 Å². The third-order valence-electron chi connectivity index (χ3n) is 1.77. The Balaban J connectivity index is 2.30. The van der Waals surface area contributed by atoms with Gasteiger partial charge in [0.15, 0.2) is 0 Å². The van der Waals surface area contributed by atoms with Gasteiger partial charge < -0.3 is 5.11 Å². The second-order valence-corrected chi connectivity index (χ2v) is 3.38. The van der Waals surface area contributed by atoms with Crippen molar-refractivity contribution in [1.82, 2.24) is 9.59 Å². The maximum absolute atomic E-state index is 9.21. The van der Waals surface area contributed by atoms with Gasteiger partial charge in [-0.1, -0.05) is 4.49 Å². The largest absolute Gasteiger partial charge is 0.393 e. The van der Waals surface area contributed by atoms with E-state index in [1.54, 1.807) is 0 Å². The predicted octanol–water partition coefficient (Wildman–Crippen LogP) is 0.388. The lowest BCUT2D eigenvalue weighted by atomic mass is 10.0. The van der Waals surface area contributed by atoms with Crippen LogP contribution in [0.25, 0.3) is 0 Å². The van der Waals surface area contributed by atoms with Crippen LogP contribution in [0.15, 0.2) is 0 Å². The molecule has 10 heavy (non-hydrogen) atoms. The number of aromatic nitrogens is 2. The summed E-state index contributed by atoms with van der Waals surface area (Å²) in [5.41, 5.74) is 1.00. The molecule has 4 heteroatoms. The van der Waals surface area contributed by atoms with Crippen LogP contribution in [0.4, 0.5) is 0 Å². The van der Waals surface area contributed by atoms with Gasteiger partial charge >= 0.3 is 0 Å². The van der Waals surface area contributed by atoms with E-state index in [4.69, 9.17) is 0 Å². The van der Waals surface area contributed by atoms with E-state index in [0.717, 1.165) is 18.5 Å². The van der Waals surface area contributed by atoms with Gasteiger partial charge in [-0.25, -0.2) is 0 Å². The van der Waals surface area contributed by atoms with Crippen molar-refractivity contribution in [2.45, 2.75) is 25.4 Å². The SMILES string of the molecule is OC1CCc2snnc2C1. The number of nitrogens with zero attached hydrogens (tertiary/aromatic N) is 2. The second-order valence-electron chi connectivity index (χ2n) is 2.54. The number of fused-ring (bicyclic) bond motifs is 1. The molecule has 1 aliphatic rings. The van der Waals surface area contributed by atoms with Crippen LogP contribution in [-0.2, 0) is 12.8 Å². The number of aryl methyl sites for hydroxylation is 1. The number of hydrogen-bond donors (Lipinski definition) is 1. The lowest BCUT2D eigenvalue weighted by molar-refractivity contribution is 0.158. The predicted molar refractivity (Wildman–Crippen MR) is 37.9 cm³/mol. The fourth-order valence-electron chi connectivity index (χ4n) is 1.19. The van der Waals surface area contributed by atoms with Crippen LogP contribution in [0, 0.1) is 0 Å². The summed E-state index contributed by atoms with van der Waals surface area (Å²) < 4.78 is 3.82. The van der Waals surface area contributed by atoms with Crippen molar-refractivity contribution in [3.05, 3.63) is 10.6 Å². The summed E-state index contributed by atoms with van der Waals surface area (Å²) in [5, 5.41) is 13.1. The zero-order chi connectivity index (χ0) is 6.97. The Kier molecular flexibility index (Phi) is 1.43. The van der Waals surface area contributed by atoms with Gasteiger partial charge in [-0.05, 0) is 24.4 Å². The number of rotatable bonds is 0. The van der Waals surface area contributed by atoms with Crippen LogP contribution < -0.4 is 0 Å². The van der Waals surface area contributed by atoms with E-state index in [2.05, 4.69) is 9.59 Å². The highest BCUT2D eigenvalue weighted by molar-refractivity contribution is 7.05. The Bertz CT molecular complexity index is 235. The summed E-state index contributed by atoms with van der Waals surface area (Å²) in [4.78, 5) is 1.25.